The first-order valence-electron chi connectivity index (χ1n) is 8.07. The molecule has 0 unspecified atom stereocenters. The Morgan fingerprint density at radius 2 is 2.10 bits per heavy atom. The average Bonchev–Trinajstić information content (AvgIpc) is 2.43. The molecule has 1 aromatic carbocycles. The van der Waals surface area contributed by atoms with Crippen LogP contribution in [0.5, 0.6) is 0 Å². The molecular weight excluding hydrogens is 246 g/mol. The molecule has 2 heteroatoms. The van der Waals surface area contributed by atoms with Gasteiger partial charge in [-0.1, -0.05) is 52.2 Å². The van der Waals surface area contributed by atoms with Crippen molar-refractivity contribution in [1.82, 2.24) is 0 Å². The summed E-state index contributed by atoms with van der Waals surface area (Å²) in [7, 11) is 0. The normalized spacial score (nSPS) is 18.2. The van der Waals surface area contributed by atoms with Crippen molar-refractivity contribution in [2.45, 2.75) is 64.2 Å². The van der Waals surface area contributed by atoms with Gasteiger partial charge in [0.1, 0.15) is 0 Å². The van der Waals surface area contributed by atoms with E-state index in [1.54, 1.807) is 0 Å². The van der Waals surface area contributed by atoms with E-state index < -0.39 is 0 Å². The van der Waals surface area contributed by atoms with Crippen molar-refractivity contribution in [2.24, 2.45) is 0 Å². The maximum atomic E-state index is 9.70. The largest absolute Gasteiger partial charge is 0.396 e. The van der Waals surface area contributed by atoms with Gasteiger partial charge in [-0.2, -0.15) is 0 Å². The number of nitrogens with one attached hydrogen (secondary N) is 1. The number of anilines is 1. The zero-order valence-electron chi connectivity index (χ0n) is 13.2. The first-order chi connectivity index (χ1) is 9.58. The van der Waals surface area contributed by atoms with E-state index in [2.05, 4.69) is 44.3 Å². The molecule has 2 rings (SSSR count). The molecule has 1 atom stereocenters. The summed E-state index contributed by atoms with van der Waals surface area (Å²) < 4.78 is 0. The predicted molar refractivity (Wildman–Crippen MR) is 86.5 cm³/mol. The molecule has 1 aliphatic heterocycles. The number of aliphatic hydroxyl groups is 1. The molecule has 2 nitrogen and oxygen atoms in total. The molecule has 0 amide bonds. The van der Waals surface area contributed by atoms with Crippen LogP contribution in [0.4, 0.5) is 5.69 Å². The number of benzene rings is 1. The summed E-state index contributed by atoms with van der Waals surface area (Å²) in [6.45, 7) is 8.18. The van der Waals surface area contributed by atoms with Crippen LogP contribution in [0.3, 0.4) is 0 Å². The van der Waals surface area contributed by atoms with Crippen molar-refractivity contribution in [3.8, 4) is 0 Å². The summed E-state index contributed by atoms with van der Waals surface area (Å²) >= 11 is 0. The first kappa shape index (κ1) is 15.4. The van der Waals surface area contributed by atoms with E-state index in [0.29, 0.717) is 5.92 Å². The van der Waals surface area contributed by atoms with Crippen molar-refractivity contribution < 1.29 is 5.11 Å². The predicted octanol–water partition coefficient (Wildman–Crippen LogP) is 4.44. The summed E-state index contributed by atoms with van der Waals surface area (Å²) in [5.41, 5.74) is 4.23. The van der Waals surface area contributed by atoms with E-state index in [1.807, 2.05) is 0 Å². The molecule has 2 N–H and O–H groups in total. The van der Waals surface area contributed by atoms with Crippen LogP contribution in [0.15, 0.2) is 18.2 Å². The lowest BCUT2D eigenvalue weighted by Crippen LogP contribution is -2.28. The van der Waals surface area contributed by atoms with Gasteiger partial charge < -0.3 is 10.4 Å². The van der Waals surface area contributed by atoms with Crippen LogP contribution in [0.2, 0.25) is 0 Å². The van der Waals surface area contributed by atoms with Gasteiger partial charge in [0.25, 0.3) is 0 Å². The van der Waals surface area contributed by atoms with Crippen LogP contribution in [0, 0.1) is 0 Å². The number of aliphatic hydroxyl groups excluding tert-OH is 1. The second kappa shape index (κ2) is 6.62. The number of rotatable bonds is 6. The van der Waals surface area contributed by atoms with Crippen molar-refractivity contribution in [3.63, 3.8) is 0 Å². The van der Waals surface area contributed by atoms with Crippen LogP contribution in [0.25, 0.3) is 0 Å². The van der Waals surface area contributed by atoms with Crippen molar-refractivity contribution >= 4 is 5.69 Å². The van der Waals surface area contributed by atoms with E-state index in [9.17, 15) is 5.11 Å². The molecule has 0 aromatic heterocycles. The minimum Gasteiger partial charge on any atom is -0.396 e. The van der Waals surface area contributed by atoms with Crippen molar-refractivity contribution in [3.05, 3.63) is 29.3 Å². The van der Waals surface area contributed by atoms with Gasteiger partial charge in [0.05, 0.1) is 0 Å². The second-order valence-corrected chi connectivity index (χ2v) is 6.74. The van der Waals surface area contributed by atoms with Gasteiger partial charge in [-0.25, -0.2) is 0 Å². The van der Waals surface area contributed by atoms with E-state index >= 15 is 0 Å². The molecule has 0 fully saturated rings. The molecule has 1 heterocycles. The maximum Gasteiger partial charge on any atom is 0.0499 e. The Morgan fingerprint density at radius 3 is 2.80 bits per heavy atom. The summed E-state index contributed by atoms with van der Waals surface area (Å²) in [6.07, 6.45) is 5.97. The lowest BCUT2D eigenvalue weighted by Gasteiger charge is -2.34. The zero-order valence-corrected chi connectivity index (χ0v) is 13.2. The third-order valence-corrected chi connectivity index (χ3v) is 4.69. The van der Waals surface area contributed by atoms with Crippen LogP contribution < -0.4 is 5.32 Å². The zero-order chi connectivity index (χ0) is 14.6. The van der Waals surface area contributed by atoms with Gasteiger partial charge in [-0.15, -0.1) is 0 Å². The van der Waals surface area contributed by atoms with E-state index in [1.165, 1.54) is 42.5 Å². The first-order valence-corrected chi connectivity index (χ1v) is 8.07. The quantitative estimate of drug-likeness (QED) is 0.752. The van der Waals surface area contributed by atoms with Gasteiger partial charge in [0, 0.05) is 24.8 Å². The van der Waals surface area contributed by atoms with Crippen LogP contribution >= 0.6 is 0 Å². The Labute approximate surface area is 123 Å². The molecule has 1 aromatic rings. The standard InChI is InChI=1S/C18H29NO/c1-4-5-6-7-15(13-20)14-8-9-17-16(12-14)18(2,3)10-11-19-17/h8-9,12,15,19-20H,4-7,10-11,13H2,1-3H3/t15-/m0/s1. The summed E-state index contributed by atoms with van der Waals surface area (Å²) in [5, 5.41) is 13.2. The summed E-state index contributed by atoms with van der Waals surface area (Å²) in [5.74, 6) is 0.296. The van der Waals surface area contributed by atoms with Gasteiger partial charge in [0.2, 0.25) is 0 Å². The lowest BCUT2D eigenvalue weighted by molar-refractivity contribution is 0.256. The third-order valence-electron chi connectivity index (χ3n) is 4.69. The summed E-state index contributed by atoms with van der Waals surface area (Å²) in [4.78, 5) is 0. The minimum atomic E-state index is 0.236. The molecule has 0 radical (unpaired) electrons. The molecule has 0 aliphatic carbocycles. The van der Waals surface area contributed by atoms with Gasteiger partial charge in [0.15, 0.2) is 0 Å². The van der Waals surface area contributed by atoms with E-state index in [-0.39, 0.29) is 12.0 Å². The fourth-order valence-electron chi connectivity index (χ4n) is 3.18. The Bertz CT molecular complexity index is 439. The van der Waals surface area contributed by atoms with Gasteiger partial charge >= 0.3 is 0 Å². The molecular formula is C18H29NO. The van der Waals surface area contributed by atoms with Crippen LogP contribution in [-0.2, 0) is 5.41 Å². The number of hydrogen-bond acceptors (Lipinski definition) is 2. The number of fused-ring (bicyclic) bond motifs is 1. The fraction of sp³-hybridized carbons (Fsp3) is 0.667. The highest BCUT2D eigenvalue weighted by molar-refractivity contribution is 5.58. The van der Waals surface area contributed by atoms with Crippen LogP contribution in [-0.4, -0.2) is 18.3 Å². The molecule has 0 saturated carbocycles. The smallest absolute Gasteiger partial charge is 0.0499 e. The molecule has 1 aliphatic rings. The molecule has 0 spiro atoms. The third kappa shape index (κ3) is 3.35. The Hall–Kier alpha value is -1.02. The highest BCUT2D eigenvalue weighted by Crippen LogP contribution is 2.38. The van der Waals surface area contributed by atoms with E-state index in [0.717, 1.165) is 13.0 Å². The maximum absolute atomic E-state index is 9.70. The number of unbranched alkanes of at least 4 members (excludes halogenated alkanes) is 2. The lowest BCUT2D eigenvalue weighted by atomic mass is 9.76. The minimum absolute atomic E-state index is 0.236. The highest BCUT2D eigenvalue weighted by Gasteiger charge is 2.28. The molecule has 112 valence electrons. The topological polar surface area (TPSA) is 32.3 Å². The van der Waals surface area contributed by atoms with Gasteiger partial charge in [-0.05, 0) is 35.4 Å². The second-order valence-electron chi connectivity index (χ2n) is 6.74. The van der Waals surface area contributed by atoms with Gasteiger partial charge in [-0.3, -0.25) is 0 Å². The fourth-order valence-corrected chi connectivity index (χ4v) is 3.18. The SMILES string of the molecule is CCCCC[C@@H](CO)c1ccc2c(c1)C(C)(C)CCN2. The van der Waals surface area contributed by atoms with Crippen molar-refractivity contribution in [1.29, 1.82) is 0 Å². The Morgan fingerprint density at radius 1 is 1.30 bits per heavy atom. The van der Waals surface area contributed by atoms with Crippen LogP contribution in [0.1, 0.15) is 69.9 Å². The molecule has 0 bridgehead atoms. The van der Waals surface area contributed by atoms with E-state index in [4.69, 9.17) is 0 Å². The molecule has 0 saturated heterocycles. The highest BCUT2D eigenvalue weighted by atomic mass is 16.3. The molecule has 20 heavy (non-hydrogen) atoms. The van der Waals surface area contributed by atoms with Crippen molar-refractivity contribution in [2.75, 3.05) is 18.5 Å². The average molecular weight is 275 g/mol. The number of hydrogen-bond donors (Lipinski definition) is 2. The summed E-state index contributed by atoms with van der Waals surface area (Å²) in [6, 6.07) is 6.72. The Balaban J connectivity index is 2.20. The Kier molecular flexibility index (Phi) is 5.09. The monoisotopic (exact) mass is 275 g/mol.